The lowest BCUT2D eigenvalue weighted by molar-refractivity contribution is -0.170. The number of amides is 1. The summed E-state index contributed by atoms with van der Waals surface area (Å²) in [6.45, 7) is 0.474. The third-order valence-electron chi connectivity index (χ3n) is 5.77. The second kappa shape index (κ2) is 9.45. The van der Waals surface area contributed by atoms with Gasteiger partial charge < -0.3 is 5.32 Å². The van der Waals surface area contributed by atoms with Crippen LogP contribution < -0.4 is 5.32 Å². The number of rotatable bonds is 4. The summed E-state index contributed by atoms with van der Waals surface area (Å²) in [6, 6.07) is 0.261. The van der Waals surface area contributed by atoms with E-state index in [1.54, 1.807) is 0 Å². The molecule has 0 saturated carbocycles. The van der Waals surface area contributed by atoms with Gasteiger partial charge in [-0.1, -0.05) is 12.1 Å². The van der Waals surface area contributed by atoms with Crippen molar-refractivity contribution in [2.45, 2.75) is 56.1 Å². The smallest absolute Gasteiger partial charge is 0.352 e. The minimum Gasteiger partial charge on any atom is -0.352 e. The van der Waals surface area contributed by atoms with Gasteiger partial charge in [0.2, 0.25) is 5.91 Å². The molecule has 2 aromatic rings. The van der Waals surface area contributed by atoms with Crippen molar-refractivity contribution >= 4 is 12.1 Å². The molecule has 208 valence electrons. The number of aliphatic imine (C=N–C) groups is 1. The molecule has 2 heterocycles. The van der Waals surface area contributed by atoms with E-state index >= 15 is 0 Å². The van der Waals surface area contributed by atoms with Crippen LogP contribution in [0.3, 0.4) is 0 Å². The highest BCUT2D eigenvalue weighted by molar-refractivity contribution is 5.78. The van der Waals surface area contributed by atoms with Crippen LogP contribution in [-0.4, -0.2) is 23.3 Å². The van der Waals surface area contributed by atoms with Crippen molar-refractivity contribution in [2.24, 2.45) is 4.99 Å². The number of aromatic nitrogens is 1. The lowest BCUT2D eigenvalue weighted by atomic mass is 9.76. The van der Waals surface area contributed by atoms with Crippen molar-refractivity contribution in [3.63, 3.8) is 0 Å². The lowest BCUT2D eigenvalue weighted by Gasteiger charge is -2.31. The van der Waals surface area contributed by atoms with Gasteiger partial charge in [-0.15, -0.1) is 0 Å². The first-order chi connectivity index (χ1) is 17.1. The van der Waals surface area contributed by atoms with Crippen LogP contribution in [0.5, 0.6) is 0 Å². The first-order valence-corrected chi connectivity index (χ1v) is 10.4. The van der Waals surface area contributed by atoms with Gasteiger partial charge >= 0.3 is 24.7 Å². The van der Waals surface area contributed by atoms with Gasteiger partial charge in [-0.2, -0.15) is 52.7 Å². The quantitative estimate of drug-likeness (QED) is 0.416. The van der Waals surface area contributed by atoms with Crippen LogP contribution in [0.2, 0.25) is 0 Å². The Labute approximate surface area is 205 Å². The molecule has 0 bridgehead atoms. The number of halogens is 12. The molecule has 0 saturated heterocycles. The minimum absolute atomic E-state index is 0.103. The average molecular weight is 565 g/mol. The fourth-order valence-corrected chi connectivity index (χ4v) is 3.89. The maximum atomic E-state index is 14.3. The Kier molecular flexibility index (Phi) is 7.27. The van der Waals surface area contributed by atoms with Crippen LogP contribution in [-0.2, 0) is 35.3 Å². The molecule has 1 aromatic carbocycles. The Hall–Kier alpha value is -3.33. The predicted octanol–water partition coefficient (Wildman–Crippen LogP) is 6.79. The molecule has 1 aliphatic rings. The number of pyridine rings is 1. The van der Waals surface area contributed by atoms with Crippen molar-refractivity contribution in [1.82, 2.24) is 10.3 Å². The van der Waals surface area contributed by atoms with Crippen molar-refractivity contribution in [3.05, 3.63) is 64.0 Å². The average Bonchev–Trinajstić information content (AvgIpc) is 3.22. The van der Waals surface area contributed by atoms with Crippen LogP contribution in [0.1, 0.15) is 53.0 Å². The number of carbonyl (C=O) groups is 1. The molecule has 0 spiro atoms. The molecule has 1 aliphatic heterocycles. The molecule has 0 fully saturated rings. The second-order valence-corrected chi connectivity index (χ2v) is 8.41. The zero-order valence-electron chi connectivity index (χ0n) is 18.8. The predicted molar refractivity (Wildman–Crippen MR) is 107 cm³/mol. The Morgan fingerprint density at radius 3 is 1.89 bits per heavy atom. The zero-order chi connectivity index (χ0) is 28.9. The van der Waals surface area contributed by atoms with Crippen molar-refractivity contribution in [3.8, 4) is 0 Å². The lowest BCUT2D eigenvalue weighted by Crippen LogP contribution is -2.43. The molecular formula is C22H15F12N3O. The Bertz CT molecular complexity index is 1210. The van der Waals surface area contributed by atoms with Crippen molar-refractivity contribution in [2.75, 3.05) is 0 Å². The Morgan fingerprint density at radius 1 is 0.895 bits per heavy atom. The van der Waals surface area contributed by atoms with E-state index in [1.165, 1.54) is 0 Å². The number of nitrogens with one attached hydrogen (secondary N) is 1. The summed E-state index contributed by atoms with van der Waals surface area (Å²) >= 11 is 0. The number of hydrogen-bond acceptors (Lipinski definition) is 3. The van der Waals surface area contributed by atoms with E-state index in [0.717, 1.165) is 19.1 Å². The molecule has 1 N–H and O–H groups in total. The van der Waals surface area contributed by atoms with E-state index in [4.69, 9.17) is 0 Å². The molecule has 2 unspecified atom stereocenters. The summed E-state index contributed by atoms with van der Waals surface area (Å²) < 4.78 is 163. The third kappa shape index (κ3) is 5.88. The topological polar surface area (TPSA) is 54.4 Å². The molecule has 2 atom stereocenters. The molecule has 0 aliphatic carbocycles. The van der Waals surface area contributed by atoms with Crippen molar-refractivity contribution < 1.29 is 57.5 Å². The molecule has 0 radical (unpaired) electrons. The summed E-state index contributed by atoms with van der Waals surface area (Å²) in [5.74, 6) is -0.661. The van der Waals surface area contributed by atoms with Crippen molar-refractivity contribution in [1.29, 1.82) is 0 Å². The van der Waals surface area contributed by atoms with E-state index in [2.05, 4.69) is 15.3 Å². The highest BCUT2D eigenvalue weighted by Crippen LogP contribution is 2.52. The summed E-state index contributed by atoms with van der Waals surface area (Å²) in [5, 5.41) is 2.15. The van der Waals surface area contributed by atoms with Crippen LogP contribution >= 0.6 is 0 Å². The Balaban J connectivity index is 2.12. The molecule has 1 aromatic heterocycles. The van der Waals surface area contributed by atoms with E-state index in [-0.39, 0.29) is 18.3 Å². The number of hydrogen-bond donors (Lipinski definition) is 1. The molecule has 16 heteroatoms. The van der Waals surface area contributed by atoms with Gasteiger partial charge in [0.25, 0.3) is 0 Å². The number of benzene rings is 1. The Morgan fingerprint density at radius 2 is 1.45 bits per heavy atom. The summed E-state index contributed by atoms with van der Waals surface area (Å²) in [4.78, 5) is 17.0. The molecule has 4 nitrogen and oxygen atoms in total. The standard InChI is InChI=1S/C22H15F12N3O/c1-10(38)35-8-12-3-2-11(4-14(12)19(23,24)25)15-7-18(9-36-15,22(32,33)34)13-5-16(20(26,27)28)37-17(6-13)21(29,30)31/h2-6,9,15H,7-8H2,1H3,(H,35,38). The highest BCUT2D eigenvalue weighted by atomic mass is 19.4. The summed E-state index contributed by atoms with van der Waals surface area (Å²) in [7, 11) is 0. The number of nitrogens with zero attached hydrogens (tertiary/aromatic N) is 2. The van der Waals surface area contributed by atoms with Gasteiger partial charge in [0, 0.05) is 19.7 Å². The van der Waals surface area contributed by atoms with Gasteiger partial charge in [0.1, 0.15) is 16.8 Å². The van der Waals surface area contributed by atoms with Crippen LogP contribution in [0.4, 0.5) is 52.7 Å². The molecular weight excluding hydrogens is 550 g/mol. The van der Waals surface area contributed by atoms with Gasteiger partial charge in [0.15, 0.2) is 0 Å². The van der Waals surface area contributed by atoms with E-state index < -0.39 is 88.7 Å². The maximum Gasteiger partial charge on any atom is 0.433 e. The van der Waals surface area contributed by atoms with Gasteiger partial charge in [-0.05, 0) is 41.3 Å². The van der Waals surface area contributed by atoms with E-state index in [9.17, 15) is 57.5 Å². The minimum atomic E-state index is -5.54. The first kappa shape index (κ1) is 29.2. The summed E-state index contributed by atoms with van der Waals surface area (Å²) in [6.07, 6.45) is -22.8. The van der Waals surface area contributed by atoms with Crippen LogP contribution in [0.15, 0.2) is 35.3 Å². The van der Waals surface area contributed by atoms with Crippen LogP contribution in [0, 0.1) is 0 Å². The normalized spacial score (nSPS) is 20.6. The van der Waals surface area contributed by atoms with E-state index in [1.807, 2.05) is 0 Å². The molecule has 1 amide bonds. The fourth-order valence-electron chi connectivity index (χ4n) is 3.89. The number of alkyl halides is 12. The van der Waals surface area contributed by atoms with Crippen LogP contribution in [0.25, 0.3) is 0 Å². The molecule has 38 heavy (non-hydrogen) atoms. The van der Waals surface area contributed by atoms with Gasteiger partial charge in [-0.25, -0.2) is 4.98 Å². The monoisotopic (exact) mass is 565 g/mol. The third-order valence-corrected chi connectivity index (χ3v) is 5.77. The summed E-state index contributed by atoms with van der Waals surface area (Å²) in [5.41, 5.74) is -11.6. The molecule has 3 rings (SSSR count). The van der Waals surface area contributed by atoms with Gasteiger partial charge in [-0.3, -0.25) is 9.79 Å². The largest absolute Gasteiger partial charge is 0.433 e. The fraction of sp³-hybridized carbons (Fsp3) is 0.409. The number of carbonyl (C=O) groups excluding carboxylic acids is 1. The highest BCUT2D eigenvalue weighted by Gasteiger charge is 2.59. The van der Waals surface area contributed by atoms with Gasteiger partial charge in [0.05, 0.1) is 11.6 Å². The first-order valence-electron chi connectivity index (χ1n) is 10.4. The zero-order valence-corrected chi connectivity index (χ0v) is 18.8. The maximum absolute atomic E-state index is 14.3. The van der Waals surface area contributed by atoms with E-state index in [0.29, 0.717) is 6.07 Å². The SMILES string of the molecule is CC(=O)NCc1ccc(C2CC(c3cc(C(F)(F)F)nc(C(F)(F)F)c3)(C(F)(F)F)C=N2)cc1C(F)(F)F. The second-order valence-electron chi connectivity index (χ2n) is 8.41.